The van der Waals surface area contributed by atoms with Crippen molar-refractivity contribution in [2.45, 2.75) is 86.6 Å². The average Bonchev–Trinajstić information content (AvgIpc) is 2.51. The molecule has 1 rings (SSSR count). The maximum atomic E-state index is 11.7. The topological polar surface area (TPSA) is 77.3 Å². The highest BCUT2D eigenvalue weighted by Crippen LogP contribution is 2.47. The molecule has 28 heavy (non-hydrogen) atoms. The zero-order valence-electron chi connectivity index (χ0n) is 18.8. The molecule has 0 saturated heterocycles. The van der Waals surface area contributed by atoms with Crippen LogP contribution in [0, 0.1) is 10.8 Å². The van der Waals surface area contributed by atoms with Crippen LogP contribution < -0.4 is 0 Å². The summed E-state index contributed by atoms with van der Waals surface area (Å²) in [6.07, 6.45) is 3.46. The average molecular weight is 395 g/mol. The Kier molecular flexibility index (Phi) is 9.31. The molecule has 0 spiro atoms. The van der Waals surface area contributed by atoms with E-state index in [1.807, 2.05) is 20.8 Å². The maximum Gasteiger partial charge on any atom is 0.311 e. The molecule has 6 nitrogen and oxygen atoms in total. The second-order valence-electron chi connectivity index (χ2n) is 9.09. The lowest BCUT2D eigenvalue weighted by molar-refractivity contribution is -0.142. The SMILES string of the molecule is CCOC(=O)CC(C)=NCC1(C)CC(N=C(C)CC(=O)OCC)CC(C)(C)C1. The highest BCUT2D eigenvalue weighted by atomic mass is 16.5. The first kappa shape index (κ1) is 24.3. The Morgan fingerprint density at radius 2 is 1.46 bits per heavy atom. The molecule has 1 saturated carbocycles. The van der Waals surface area contributed by atoms with Gasteiger partial charge in [-0.05, 0) is 57.8 Å². The van der Waals surface area contributed by atoms with Crippen LogP contribution in [0.3, 0.4) is 0 Å². The number of hydrogen-bond acceptors (Lipinski definition) is 6. The van der Waals surface area contributed by atoms with Gasteiger partial charge in [-0.15, -0.1) is 0 Å². The number of carbonyl (C=O) groups excluding carboxylic acids is 2. The molecule has 6 heteroatoms. The van der Waals surface area contributed by atoms with Crippen molar-refractivity contribution in [2.24, 2.45) is 20.8 Å². The van der Waals surface area contributed by atoms with Gasteiger partial charge in [-0.3, -0.25) is 19.6 Å². The van der Waals surface area contributed by atoms with E-state index in [2.05, 4.69) is 25.8 Å². The number of ether oxygens (including phenoxy) is 2. The normalized spacial score (nSPS) is 25.3. The van der Waals surface area contributed by atoms with Crippen LogP contribution in [0.25, 0.3) is 0 Å². The van der Waals surface area contributed by atoms with Crippen molar-refractivity contribution in [1.29, 1.82) is 0 Å². The minimum absolute atomic E-state index is 0.00997. The van der Waals surface area contributed by atoms with Crippen LogP contribution in [0.5, 0.6) is 0 Å². The number of nitrogens with zero attached hydrogens (tertiary/aromatic N) is 2. The number of rotatable bonds is 9. The second-order valence-corrected chi connectivity index (χ2v) is 9.09. The third-order valence-electron chi connectivity index (χ3n) is 4.97. The molecule has 0 radical (unpaired) electrons. The molecule has 1 fully saturated rings. The Balaban J connectivity index is 2.80. The van der Waals surface area contributed by atoms with Gasteiger partial charge >= 0.3 is 11.9 Å². The van der Waals surface area contributed by atoms with E-state index in [1.165, 1.54) is 0 Å². The Morgan fingerprint density at radius 3 is 2.00 bits per heavy atom. The van der Waals surface area contributed by atoms with Crippen molar-refractivity contribution in [3.8, 4) is 0 Å². The summed E-state index contributed by atoms with van der Waals surface area (Å²) in [6.45, 7) is 15.6. The quantitative estimate of drug-likeness (QED) is 0.429. The molecule has 0 aliphatic heterocycles. The van der Waals surface area contributed by atoms with Gasteiger partial charge in [-0.2, -0.15) is 0 Å². The lowest BCUT2D eigenvalue weighted by Gasteiger charge is -2.45. The van der Waals surface area contributed by atoms with Gasteiger partial charge in [0, 0.05) is 18.0 Å². The van der Waals surface area contributed by atoms with E-state index in [9.17, 15) is 9.59 Å². The summed E-state index contributed by atoms with van der Waals surface area (Å²) in [7, 11) is 0. The van der Waals surface area contributed by atoms with Gasteiger partial charge in [-0.1, -0.05) is 20.8 Å². The Labute approximate surface area is 170 Å². The molecule has 0 aromatic heterocycles. The molecule has 160 valence electrons. The standard InChI is InChI=1S/C22H38N2O4/c1-8-27-19(25)10-16(3)23-15-22(7)13-18(12-21(5,6)14-22)24-17(4)11-20(26)28-9-2/h18H,8-15H2,1-7H3. The lowest BCUT2D eigenvalue weighted by atomic mass is 9.62. The molecular formula is C22H38N2O4. The minimum atomic E-state index is -0.227. The number of carbonyl (C=O) groups is 2. The zero-order chi connectivity index (χ0) is 21.4. The Bertz CT molecular complexity index is 610. The third-order valence-corrected chi connectivity index (χ3v) is 4.97. The highest BCUT2D eigenvalue weighted by molar-refractivity contribution is 5.98. The second kappa shape index (κ2) is 10.7. The van der Waals surface area contributed by atoms with Gasteiger partial charge in [0.2, 0.25) is 0 Å². The molecule has 0 heterocycles. The fourth-order valence-corrected chi connectivity index (χ4v) is 4.37. The van der Waals surface area contributed by atoms with Gasteiger partial charge in [0.1, 0.15) is 0 Å². The molecule has 0 amide bonds. The number of hydrogen-bond donors (Lipinski definition) is 0. The highest BCUT2D eigenvalue weighted by Gasteiger charge is 2.41. The maximum absolute atomic E-state index is 11.7. The van der Waals surface area contributed by atoms with Crippen LogP contribution in [-0.4, -0.2) is 49.2 Å². The first-order valence-electron chi connectivity index (χ1n) is 10.3. The molecule has 1 aliphatic carbocycles. The molecule has 1 aliphatic rings. The summed E-state index contributed by atoms with van der Waals surface area (Å²) >= 11 is 0. The van der Waals surface area contributed by atoms with E-state index >= 15 is 0 Å². The van der Waals surface area contributed by atoms with Crippen LogP contribution in [0.4, 0.5) is 0 Å². The van der Waals surface area contributed by atoms with Crippen LogP contribution in [-0.2, 0) is 19.1 Å². The fraction of sp³-hybridized carbons (Fsp3) is 0.818. The summed E-state index contributed by atoms with van der Waals surface area (Å²) in [5.74, 6) is -0.448. The molecule has 0 aromatic rings. The molecule has 2 unspecified atom stereocenters. The molecule has 2 atom stereocenters. The van der Waals surface area contributed by atoms with E-state index in [4.69, 9.17) is 14.5 Å². The third kappa shape index (κ3) is 8.98. The van der Waals surface area contributed by atoms with Crippen LogP contribution in [0.2, 0.25) is 0 Å². The van der Waals surface area contributed by atoms with E-state index < -0.39 is 0 Å². The Morgan fingerprint density at radius 1 is 0.929 bits per heavy atom. The first-order valence-corrected chi connectivity index (χ1v) is 10.3. The Hall–Kier alpha value is -1.72. The van der Waals surface area contributed by atoms with Gasteiger partial charge in [0.05, 0.1) is 32.1 Å². The number of esters is 2. The lowest BCUT2D eigenvalue weighted by Crippen LogP contribution is -2.40. The number of aliphatic imine (C=N–C) groups is 2. The summed E-state index contributed by atoms with van der Waals surface area (Å²) in [5.41, 5.74) is 1.79. The van der Waals surface area contributed by atoms with E-state index in [1.54, 1.807) is 6.92 Å². The summed E-state index contributed by atoms with van der Waals surface area (Å²) in [6, 6.07) is 0.170. The molecule has 0 N–H and O–H groups in total. The first-order chi connectivity index (χ1) is 13.0. The zero-order valence-corrected chi connectivity index (χ0v) is 18.8. The van der Waals surface area contributed by atoms with Crippen molar-refractivity contribution >= 4 is 23.4 Å². The van der Waals surface area contributed by atoms with Crippen LogP contribution in [0.15, 0.2) is 9.98 Å². The van der Waals surface area contributed by atoms with Crippen molar-refractivity contribution in [3.63, 3.8) is 0 Å². The van der Waals surface area contributed by atoms with Crippen LogP contribution in [0.1, 0.15) is 80.6 Å². The van der Waals surface area contributed by atoms with E-state index in [0.717, 1.165) is 30.7 Å². The predicted molar refractivity (Wildman–Crippen MR) is 113 cm³/mol. The van der Waals surface area contributed by atoms with Gasteiger partial charge in [-0.25, -0.2) is 0 Å². The smallest absolute Gasteiger partial charge is 0.311 e. The molecular weight excluding hydrogens is 356 g/mol. The van der Waals surface area contributed by atoms with E-state index in [-0.39, 0.29) is 41.7 Å². The van der Waals surface area contributed by atoms with Crippen LogP contribution >= 0.6 is 0 Å². The summed E-state index contributed by atoms with van der Waals surface area (Å²) < 4.78 is 10.0. The van der Waals surface area contributed by atoms with Crippen molar-refractivity contribution in [1.82, 2.24) is 0 Å². The van der Waals surface area contributed by atoms with E-state index in [0.29, 0.717) is 19.8 Å². The van der Waals surface area contributed by atoms with Gasteiger partial charge in [0.25, 0.3) is 0 Å². The summed E-state index contributed by atoms with van der Waals surface area (Å²) in [5, 5.41) is 0. The van der Waals surface area contributed by atoms with Gasteiger partial charge in [0.15, 0.2) is 0 Å². The molecule has 0 aromatic carbocycles. The van der Waals surface area contributed by atoms with Gasteiger partial charge < -0.3 is 9.47 Å². The van der Waals surface area contributed by atoms with Crippen molar-refractivity contribution in [2.75, 3.05) is 19.8 Å². The summed E-state index contributed by atoms with van der Waals surface area (Å²) in [4.78, 5) is 32.9. The fourth-order valence-electron chi connectivity index (χ4n) is 4.37. The predicted octanol–water partition coefficient (Wildman–Crippen LogP) is 4.40. The largest absolute Gasteiger partial charge is 0.466 e. The van der Waals surface area contributed by atoms with Crippen molar-refractivity contribution < 1.29 is 19.1 Å². The van der Waals surface area contributed by atoms with Crippen molar-refractivity contribution in [3.05, 3.63) is 0 Å². The monoisotopic (exact) mass is 394 g/mol. The molecule has 0 bridgehead atoms. The minimum Gasteiger partial charge on any atom is -0.466 e.